The summed E-state index contributed by atoms with van der Waals surface area (Å²) in [5.74, 6) is 0. The van der Waals surface area contributed by atoms with E-state index in [1.165, 1.54) is 0 Å². The number of carbonyl (C=O) groups is 1. The Labute approximate surface area is 105 Å². The Balaban J connectivity index is 1.98. The van der Waals surface area contributed by atoms with Crippen molar-refractivity contribution in [2.24, 2.45) is 0 Å². The Kier molecular flexibility index (Phi) is 3.50. The Bertz CT molecular complexity index is 312. The first-order valence-corrected chi connectivity index (χ1v) is 5.90. The van der Waals surface area contributed by atoms with E-state index >= 15 is 0 Å². The molecule has 2 bridgehead atoms. The van der Waals surface area contributed by atoms with E-state index in [2.05, 4.69) is 5.32 Å². The molecule has 0 aromatic carbocycles. The molecule has 2 aliphatic heterocycles. The molecule has 0 aromatic heterocycles. The highest BCUT2D eigenvalue weighted by molar-refractivity contribution is 5.68. The van der Waals surface area contributed by atoms with Crippen LogP contribution in [0.15, 0.2) is 0 Å². The van der Waals surface area contributed by atoms with E-state index in [0.29, 0.717) is 0 Å². The molecule has 0 saturated carbocycles. The third-order valence-electron chi connectivity index (χ3n) is 2.81. The Morgan fingerprint density at radius 3 is 2.61 bits per heavy atom. The van der Waals surface area contributed by atoms with Crippen LogP contribution in [0.2, 0.25) is 0 Å². The first-order chi connectivity index (χ1) is 8.28. The van der Waals surface area contributed by atoms with Crippen LogP contribution >= 0.6 is 0 Å². The number of alkyl carbamates (subject to hydrolysis) is 1. The van der Waals surface area contributed by atoms with Crippen molar-refractivity contribution in [1.82, 2.24) is 5.32 Å². The summed E-state index contributed by atoms with van der Waals surface area (Å²) < 4.78 is 15.4. The molecule has 104 valence electrons. The highest BCUT2D eigenvalue weighted by Gasteiger charge is 2.50. The summed E-state index contributed by atoms with van der Waals surface area (Å²) in [6.45, 7) is 5.40. The summed E-state index contributed by atoms with van der Waals surface area (Å²) in [6.07, 6.45) is -4.17. The minimum Gasteiger partial charge on any atom is -0.444 e. The van der Waals surface area contributed by atoms with Crippen LogP contribution in [-0.4, -0.2) is 59.2 Å². The summed E-state index contributed by atoms with van der Waals surface area (Å²) in [6, 6.07) is -0.855. The van der Waals surface area contributed by atoms with E-state index in [1.807, 2.05) is 0 Å². The molecule has 2 aliphatic rings. The van der Waals surface area contributed by atoms with Crippen LogP contribution in [-0.2, 0) is 14.2 Å². The first kappa shape index (κ1) is 13.5. The van der Waals surface area contributed by atoms with Crippen molar-refractivity contribution in [2.75, 3.05) is 6.61 Å². The predicted octanol–water partition coefficient (Wildman–Crippen LogP) is -0.643. The second-order valence-electron chi connectivity index (χ2n) is 5.53. The standard InChI is InChI=1S/C11H19NO6/c1-11(2,3)18-10(15)12-6-7(13)5-4-16-9(17-5)8(6)14/h5-9,13-14H,4H2,1-3H3,(H,12,15)/t5-,6-,7+,8-,9-/m1/s1. The molecule has 0 radical (unpaired) electrons. The van der Waals surface area contributed by atoms with Gasteiger partial charge >= 0.3 is 6.09 Å². The number of nitrogens with one attached hydrogen (secondary N) is 1. The number of hydrogen-bond donors (Lipinski definition) is 3. The third-order valence-corrected chi connectivity index (χ3v) is 2.81. The lowest BCUT2D eigenvalue weighted by atomic mass is 9.98. The van der Waals surface area contributed by atoms with Gasteiger partial charge in [0.25, 0.3) is 0 Å². The minimum absolute atomic E-state index is 0.204. The molecule has 1 amide bonds. The molecule has 18 heavy (non-hydrogen) atoms. The van der Waals surface area contributed by atoms with Gasteiger partial charge in [-0.25, -0.2) is 4.79 Å². The van der Waals surface area contributed by atoms with Crippen molar-refractivity contribution in [1.29, 1.82) is 0 Å². The van der Waals surface area contributed by atoms with Gasteiger partial charge in [-0.2, -0.15) is 0 Å². The molecule has 7 nitrogen and oxygen atoms in total. The van der Waals surface area contributed by atoms with Crippen LogP contribution in [0, 0.1) is 0 Å². The van der Waals surface area contributed by atoms with Crippen molar-refractivity contribution in [2.45, 2.75) is 57.0 Å². The van der Waals surface area contributed by atoms with Gasteiger partial charge in [0, 0.05) is 0 Å². The number of ether oxygens (including phenoxy) is 3. The average Bonchev–Trinajstić information content (AvgIpc) is 2.66. The van der Waals surface area contributed by atoms with Gasteiger partial charge in [-0.05, 0) is 20.8 Å². The Hall–Kier alpha value is -0.890. The molecule has 2 fully saturated rings. The van der Waals surface area contributed by atoms with Crippen molar-refractivity contribution in [3.8, 4) is 0 Å². The molecule has 7 heteroatoms. The van der Waals surface area contributed by atoms with Gasteiger partial charge in [-0.1, -0.05) is 0 Å². The van der Waals surface area contributed by atoms with E-state index < -0.39 is 42.3 Å². The monoisotopic (exact) mass is 261 g/mol. The normalized spacial score (nSPS) is 39.5. The van der Waals surface area contributed by atoms with Crippen molar-refractivity contribution in [3.05, 3.63) is 0 Å². The smallest absolute Gasteiger partial charge is 0.408 e. The predicted molar refractivity (Wildman–Crippen MR) is 59.8 cm³/mol. The van der Waals surface area contributed by atoms with Gasteiger partial charge in [-0.15, -0.1) is 0 Å². The van der Waals surface area contributed by atoms with Gasteiger partial charge < -0.3 is 29.7 Å². The van der Waals surface area contributed by atoms with E-state index in [4.69, 9.17) is 14.2 Å². The van der Waals surface area contributed by atoms with Crippen LogP contribution in [0.5, 0.6) is 0 Å². The van der Waals surface area contributed by atoms with Crippen LogP contribution < -0.4 is 5.32 Å². The maximum atomic E-state index is 11.6. The molecule has 3 N–H and O–H groups in total. The van der Waals surface area contributed by atoms with E-state index in [0.717, 1.165) is 0 Å². The summed E-state index contributed by atoms with van der Waals surface area (Å²) in [5, 5.41) is 22.3. The fourth-order valence-electron chi connectivity index (χ4n) is 2.02. The van der Waals surface area contributed by atoms with Gasteiger partial charge in [0.2, 0.25) is 0 Å². The largest absolute Gasteiger partial charge is 0.444 e. The number of aliphatic hydroxyl groups is 2. The van der Waals surface area contributed by atoms with E-state index in [9.17, 15) is 15.0 Å². The quantitative estimate of drug-likeness (QED) is 0.580. The number of amides is 1. The zero-order valence-corrected chi connectivity index (χ0v) is 10.6. The van der Waals surface area contributed by atoms with Crippen molar-refractivity contribution in [3.63, 3.8) is 0 Å². The molecular weight excluding hydrogens is 242 g/mol. The number of fused-ring (bicyclic) bond motifs is 2. The molecule has 2 heterocycles. The van der Waals surface area contributed by atoms with Crippen LogP contribution in [0.1, 0.15) is 20.8 Å². The first-order valence-electron chi connectivity index (χ1n) is 5.90. The molecule has 0 aromatic rings. The maximum absolute atomic E-state index is 11.6. The lowest BCUT2D eigenvalue weighted by Crippen LogP contribution is -2.61. The average molecular weight is 261 g/mol. The van der Waals surface area contributed by atoms with Crippen LogP contribution in [0.4, 0.5) is 4.79 Å². The lowest BCUT2D eigenvalue weighted by molar-refractivity contribution is -0.194. The summed E-state index contributed by atoms with van der Waals surface area (Å²) in [4.78, 5) is 11.6. The highest BCUT2D eigenvalue weighted by atomic mass is 16.7. The van der Waals surface area contributed by atoms with E-state index in [1.54, 1.807) is 20.8 Å². The Morgan fingerprint density at radius 2 is 2.00 bits per heavy atom. The zero-order chi connectivity index (χ0) is 13.5. The number of hydrogen-bond acceptors (Lipinski definition) is 6. The molecule has 0 aliphatic carbocycles. The van der Waals surface area contributed by atoms with Gasteiger partial charge in [0.05, 0.1) is 12.6 Å². The molecule has 2 saturated heterocycles. The summed E-state index contributed by atoms with van der Waals surface area (Å²) in [5.41, 5.74) is -0.638. The summed E-state index contributed by atoms with van der Waals surface area (Å²) >= 11 is 0. The molecule has 0 unspecified atom stereocenters. The molecule has 0 spiro atoms. The number of rotatable bonds is 1. The van der Waals surface area contributed by atoms with Crippen LogP contribution in [0.3, 0.4) is 0 Å². The second kappa shape index (κ2) is 4.65. The fraction of sp³-hybridized carbons (Fsp3) is 0.909. The highest BCUT2D eigenvalue weighted by Crippen LogP contribution is 2.28. The molecule has 5 atom stereocenters. The van der Waals surface area contributed by atoms with Gasteiger partial charge in [0.1, 0.15) is 23.9 Å². The Morgan fingerprint density at radius 1 is 1.33 bits per heavy atom. The SMILES string of the molecule is CC(C)(C)OC(=O)N[C@@H]1[C@@H](O)[C@H]2CO[C@H](O2)[C@@H]1O. The topological polar surface area (TPSA) is 97.3 Å². The molecular formula is C11H19NO6. The zero-order valence-electron chi connectivity index (χ0n) is 10.6. The van der Waals surface area contributed by atoms with Gasteiger partial charge in [-0.3, -0.25) is 0 Å². The molecule has 2 rings (SSSR count). The second-order valence-corrected chi connectivity index (χ2v) is 5.53. The summed E-state index contributed by atoms with van der Waals surface area (Å²) in [7, 11) is 0. The minimum atomic E-state index is -1.12. The maximum Gasteiger partial charge on any atom is 0.408 e. The fourth-order valence-corrected chi connectivity index (χ4v) is 2.02. The lowest BCUT2D eigenvalue weighted by Gasteiger charge is -2.36. The van der Waals surface area contributed by atoms with E-state index in [-0.39, 0.29) is 6.61 Å². The third kappa shape index (κ3) is 2.74. The number of carbonyl (C=O) groups excluding carboxylic acids is 1. The van der Waals surface area contributed by atoms with Crippen molar-refractivity contribution < 1.29 is 29.2 Å². The van der Waals surface area contributed by atoms with Crippen molar-refractivity contribution >= 4 is 6.09 Å². The van der Waals surface area contributed by atoms with Crippen LogP contribution in [0.25, 0.3) is 0 Å². The van der Waals surface area contributed by atoms with Gasteiger partial charge in [0.15, 0.2) is 6.29 Å². The number of aliphatic hydroxyl groups excluding tert-OH is 2.